The molecule has 1 N–H and O–H groups in total. The number of carbonyl (C=O) groups is 1. The van der Waals surface area contributed by atoms with Gasteiger partial charge in [-0.25, -0.2) is 4.98 Å². The molecule has 1 aromatic heterocycles. The predicted octanol–water partition coefficient (Wildman–Crippen LogP) is 4.20. The maximum atomic E-state index is 12.9. The van der Waals surface area contributed by atoms with E-state index in [1.807, 2.05) is 29.2 Å². The van der Waals surface area contributed by atoms with Gasteiger partial charge in [0, 0.05) is 18.5 Å². The van der Waals surface area contributed by atoms with Crippen molar-refractivity contribution in [1.82, 2.24) is 14.8 Å². The monoisotopic (exact) mass is 401 g/mol. The molecule has 0 unspecified atom stereocenters. The van der Waals surface area contributed by atoms with Crippen molar-refractivity contribution in [2.24, 2.45) is 5.92 Å². The van der Waals surface area contributed by atoms with Crippen molar-refractivity contribution in [2.45, 2.75) is 32.4 Å². The SMILES string of the molecule is O=C1c2c(nc3ccccc3c2O)CN1CCC1CCN(Cc2ccccc2)CC1. The van der Waals surface area contributed by atoms with E-state index in [2.05, 4.69) is 40.2 Å². The molecule has 3 heterocycles. The normalized spacial score (nSPS) is 17.6. The third kappa shape index (κ3) is 3.65. The van der Waals surface area contributed by atoms with Gasteiger partial charge >= 0.3 is 0 Å². The van der Waals surface area contributed by atoms with E-state index in [1.165, 1.54) is 18.4 Å². The Hall–Kier alpha value is -2.92. The number of hydrogen-bond acceptors (Lipinski definition) is 4. The van der Waals surface area contributed by atoms with Crippen molar-refractivity contribution in [3.05, 3.63) is 71.4 Å². The van der Waals surface area contributed by atoms with E-state index >= 15 is 0 Å². The highest BCUT2D eigenvalue weighted by Crippen LogP contribution is 2.35. The first-order valence-corrected chi connectivity index (χ1v) is 10.8. The Kier molecular flexibility index (Phi) is 5.13. The molecule has 1 amide bonds. The Morgan fingerprint density at radius 2 is 1.73 bits per heavy atom. The largest absolute Gasteiger partial charge is 0.506 e. The summed E-state index contributed by atoms with van der Waals surface area (Å²) in [5.74, 6) is 0.647. The van der Waals surface area contributed by atoms with Gasteiger partial charge in [0.2, 0.25) is 0 Å². The van der Waals surface area contributed by atoms with E-state index in [1.54, 1.807) is 0 Å². The van der Waals surface area contributed by atoms with Crippen LogP contribution in [0.1, 0.15) is 40.9 Å². The molecule has 0 aliphatic carbocycles. The lowest BCUT2D eigenvalue weighted by atomic mass is 9.93. The number of hydrogen-bond donors (Lipinski definition) is 1. The van der Waals surface area contributed by atoms with Crippen LogP contribution in [0.15, 0.2) is 54.6 Å². The van der Waals surface area contributed by atoms with Crippen LogP contribution in [0.3, 0.4) is 0 Å². The number of pyridine rings is 1. The second kappa shape index (κ2) is 8.07. The van der Waals surface area contributed by atoms with Gasteiger partial charge in [-0.1, -0.05) is 42.5 Å². The summed E-state index contributed by atoms with van der Waals surface area (Å²) >= 11 is 0. The lowest BCUT2D eigenvalue weighted by Crippen LogP contribution is -2.35. The summed E-state index contributed by atoms with van der Waals surface area (Å²) in [6.07, 6.45) is 3.36. The Bertz CT molecular complexity index is 1060. The molecule has 0 saturated carbocycles. The van der Waals surface area contributed by atoms with E-state index < -0.39 is 0 Å². The van der Waals surface area contributed by atoms with Gasteiger partial charge in [0.1, 0.15) is 11.3 Å². The van der Waals surface area contributed by atoms with Crippen molar-refractivity contribution in [1.29, 1.82) is 0 Å². The van der Waals surface area contributed by atoms with Crippen LogP contribution in [-0.2, 0) is 13.1 Å². The predicted molar refractivity (Wildman–Crippen MR) is 117 cm³/mol. The van der Waals surface area contributed by atoms with Crippen LogP contribution >= 0.6 is 0 Å². The summed E-state index contributed by atoms with van der Waals surface area (Å²) in [5, 5.41) is 11.3. The van der Waals surface area contributed by atoms with Crippen LogP contribution in [-0.4, -0.2) is 45.4 Å². The molecule has 154 valence electrons. The number of fused-ring (bicyclic) bond motifs is 2. The zero-order valence-electron chi connectivity index (χ0n) is 17.1. The van der Waals surface area contributed by atoms with Gasteiger partial charge in [-0.05, 0) is 56.0 Å². The van der Waals surface area contributed by atoms with Gasteiger partial charge in [0.15, 0.2) is 0 Å². The topological polar surface area (TPSA) is 56.7 Å². The minimum Gasteiger partial charge on any atom is -0.506 e. The third-order valence-corrected chi connectivity index (χ3v) is 6.55. The van der Waals surface area contributed by atoms with Crippen LogP contribution in [0.4, 0.5) is 0 Å². The first kappa shape index (κ1) is 19.1. The number of rotatable bonds is 5. The van der Waals surface area contributed by atoms with Gasteiger partial charge in [-0.2, -0.15) is 0 Å². The van der Waals surface area contributed by atoms with Gasteiger partial charge in [-0.3, -0.25) is 9.69 Å². The molecule has 30 heavy (non-hydrogen) atoms. The molecular weight excluding hydrogens is 374 g/mol. The number of aromatic nitrogens is 1. The van der Waals surface area contributed by atoms with Gasteiger partial charge in [0.05, 0.1) is 17.8 Å². The van der Waals surface area contributed by atoms with E-state index in [9.17, 15) is 9.90 Å². The molecule has 5 heteroatoms. The molecule has 0 spiro atoms. The van der Waals surface area contributed by atoms with Crippen LogP contribution in [0, 0.1) is 5.92 Å². The zero-order chi connectivity index (χ0) is 20.5. The number of carbonyl (C=O) groups excluding carboxylic acids is 1. The first-order valence-electron chi connectivity index (χ1n) is 10.8. The molecule has 2 aliphatic rings. The molecule has 1 saturated heterocycles. The van der Waals surface area contributed by atoms with Crippen LogP contribution in [0.2, 0.25) is 0 Å². The molecule has 1 fully saturated rings. The maximum absolute atomic E-state index is 12.9. The molecule has 0 radical (unpaired) electrons. The summed E-state index contributed by atoms with van der Waals surface area (Å²) in [6, 6.07) is 18.1. The first-order chi connectivity index (χ1) is 14.7. The summed E-state index contributed by atoms with van der Waals surface area (Å²) in [7, 11) is 0. The van der Waals surface area contributed by atoms with E-state index in [0.717, 1.165) is 38.1 Å². The molecule has 0 bridgehead atoms. The number of nitrogens with zero attached hydrogens (tertiary/aromatic N) is 3. The van der Waals surface area contributed by atoms with Crippen molar-refractivity contribution < 1.29 is 9.90 Å². The molecular formula is C25H27N3O2. The highest BCUT2D eigenvalue weighted by molar-refractivity contribution is 6.05. The summed E-state index contributed by atoms with van der Waals surface area (Å²) in [4.78, 5) is 21.9. The second-order valence-electron chi connectivity index (χ2n) is 8.52. The summed E-state index contributed by atoms with van der Waals surface area (Å²) < 4.78 is 0. The average Bonchev–Trinajstić information content (AvgIpc) is 3.09. The molecule has 2 aliphatic heterocycles. The Morgan fingerprint density at radius 1 is 1.00 bits per heavy atom. The highest BCUT2D eigenvalue weighted by Gasteiger charge is 2.33. The lowest BCUT2D eigenvalue weighted by Gasteiger charge is -2.32. The third-order valence-electron chi connectivity index (χ3n) is 6.55. The fourth-order valence-electron chi connectivity index (χ4n) is 4.79. The van der Waals surface area contributed by atoms with E-state index in [4.69, 9.17) is 0 Å². The molecule has 0 atom stereocenters. The molecule has 2 aromatic carbocycles. The van der Waals surface area contributed by atoms with Crippen molar-refractivity contribution in [3.63, 3.8) is 0 Å². The number of likely N-dealkylation sites (tertiary alicyclic amines) is 1. The number of aromatic hydroxyl groups is 1. The van der Waals surface area contributed by atoms with Crippen LogP contribution in [0.25, 0.3) is 10.9 Å². The Balaban J connectivity index is 1.17. The quantitative estimate of drug-likeness (QED) is 0.696. The smallest absolute Gasteiger partial charge is 0.259 e. The van der Waals surface area contributed by atoms with Gasteiger partial charge in [-0.15, -0.1) is 0 Å². The van der Waals surface area contributed by atoms with E-state index in [0.29, 0.717) is 29.1 Å². The fraction of sp³-hybridized carbons (Fsp3) is 0.360. The molecule has 3 aromatic rings. The molecule has 5 nitrogen and oxygen atoms in total. The minimum atomic E-state index is -0.0812. The summed E-state index contributed by atoms with van der Waals surface area (Å²) in [5.41, 5.74) is 3.21. The number of benzene rings is 2. The van der Waals surface area contributed by atoms with E-state index in [-0.39, 0.29) is 11.7 Å². The fourth-order valence-corrected chi connectivity index (χ4v) is 4.79. The maximum Gasteiger partial charge on any atom is 0.259 e. The highest BCUT2D eigenvalue weighted by atomic mass is 16.3. The summed E-state index contributed by atoms with van der Waals surface area (Å²) in [6.45, 7) is 4.47. The number of piperidine rings is 1. The van der Waals surface area contributed by atoms with Crippen molar-refractivity contribution in [3.8, 4) is 5.75 Å². The minimum absolute atomic E-state index is 0.0809. The Labute approximate surface area is 177 Å². The van der Waals surface area contributed by atoms with Crippen molar-refractivity contribution >= 4 is 16.8 Å². The van der Waals surface area contributed by atoms with Crippen molar-refractivity contribution in [2.75, 3.05) is 19.6 Å². The zero-order valence-corrected chi connectivity index (χ0v) is 17.1. The van der Waals surface area contributed by atoms with Crippen LogP contribution in [0.5, 0.6) is 5.75 Å². The number of para-hydroxylation sites is 1. The van der Waals surface area contributed by atoms with Crippen LogP contribution < -0.4 is 0 Å². The van der Waals surface area contributed by atoms with Gasteiger partial charge in [0.25, 0.3) is 5.91 Å². The lowest BCUT2D eigenvalue weighted by molar-refractivity contribution is 0.0755. The Morgan fingerprint density at radius 3 is 2.53 bits per heavy atom. The second-order valence-corrected chi connectivity index (χ2v) is 8.52. The average molecular weight is 402 g/mol. The number of amides is 1. The molecule has 5 rings (SSSR count). The standard InChI is InChI=1S/C25H27N3O2/c29-24-20-8-4-5-9-21(20)26-22-17-28(25(30)23(22)24)15-12-18-10-13-27(14-11-18)16-19-6-2-1-3-7-19/h1-9,18H,10-17H2,(H,26,29). The van der Waals surface area contributed by atoms with Gasteiger partial charge < -0.3 is 10.0 Å².